The first-order valence-corrected chi connectivity index (χ1v) is 11.3. The molecule has 1 fully saturated rings. The maximum Gasteiger partial charge on any atom is 0.269 e. The van der Waals surface area contributed by atoms with Crippen LogP contribution in [0.15, 0.2) is 74.3 Å². The number of nitrogens with zero attached hydrogens (tertiary/aromatic N) is 4. The van der Waals surface area contributed by atoms with Gasteiger partial charge in [0.1, 0.15) is 5.76 Å². The third kappa shape index (κ3) is 5.39. The van der Waals surface area contributed by atoms with E-state index in [0.717, 1.165) is 11.8 Å². The Balaban J connectivity index is 1.63. The molecule has 1 aromatic heterocycles. The second-order valence-corrected chi connectivity index (χ2v) is 8.34. The number of phenols is 1. The van der Waals surface area contributed by atoms with E-state index in [1.54, 1.807) is 42.5 Å². The van der Waals surface area contributed by atoms with Gasteiger partial charge in [0.25, 0.3) is 11.6 Å². The molecule has 0 spiro atoms. The Labute approximate surface area is 209 Å². The number of carbonyl (C=O) groups is 1. The SMILES string of the molecule is COc1cc(/C=N/N=C2\S/C(=C\c3ccc([N+](=O)[O-])cc3)C(=O)N2Cc2ccco2)cc(OC)c1O. The average Bonchev–Trinajstić information content (AvgIpc) is 3.49. The van der Waals surface area contributed by atoms with Gasteiger partial charge in [0.15, 0.2) is 16.7 Å². The highest BCUT2D eigenvalue weighted by Gasteiger charge is 2.34. The number of hydrogen-bond acceptors (Lipinski definition) is 10. The molecule has 4 rings (SSSR count). The summed E-state index contributed by atoms with van der Waals surface area (Å²) in [4.78, 5) is 25.4. The molecule has 2 aromatic carbocycles. The van der Waals surface area contributed by atoms with Crippen LogP contribution in [0.1, 0.15) is 16.9 Å². The number of benzene rings is 2. The van der Waals surface area contributed by atoms with E-state index in [9.17, 15) is 20.0 Å². The predicted molar refractivity (Wildman–Crippen MR) is 134 cm³/mol. The Bertz CT molecular complexity index is 1340. The van der Waals surface area contributed by atoms with Crippen LogP contribution in [0.4, 0.5) is 5.69 Å². The second kappa shape index (κ2) is 10.8. The lowest BCUT2D eigenvalue weighted by molar-refractivity contribution is -0.384. The Hall–Kier alpha value is -4.58. The Kier molecular flexibility index (Phi) is 7.35. The van der Waals surface area contributed by atoms with Crippen LogP contribution in [0.25, 0.3) is 6.08 Å². The monoisotopic (exact) mass is 508 g/mol. The molecule has 0 saturated carbocycles. The first kappa shape index (κ1) is 24.5. The fourth-order valence-corrected chi connectivity index (χ4v) is 4.19. The number of rotatable bonds is 8. The molecule has 0 unspecified atom stereocenters. The Morgan fingerprint density at radius 1 is 1.14 bits per heavy atom. The number of aromatic hydroxyl groups is 1. The lowest BCUT2D eigenvalue weighted by Gasteiger charge is -2.12. The summed E-state index contributed by atoms with van der Waals surface area (Å²) in [6.07, 6.45) is 4.58. The van der Waals surface area contributed by atoms with Crippen LogP contribution in [0.5, 0.6) is 17.2 Å². The molecule has 3 aromatic rings. The maximum absolute atomic E-state index is 13.2. The molecule has 1 aliphatic heterocycles. The van der Waals surface area contributed by atoms with Gasteiger partial charge in [0, 0.05) is 17.7 Å². The first-order valence-electron chi connectivity index (χ1n) is 10.4. The number of phenolic OH excluding ortho intramolecular Hbond substituents is 1. The summed E-state index contributed by atoms with van der Waals surface area (Å²) >= 11 is 1.12. The first-order chi connectivity index (χ1) is 17.4. The van der Waals surface area contributed by atoms with Crippen molar-refractivity contribution in [3.05, 3.63) is 86.7 Å². The fraction of sp³-hybridized carbons (Fsp3) is 0.125. The van der Waals surface area contributed by atoms with E-state index in [4.69, 9.17) is 13.9 Å². The van der Waals surface area contributed by atoms with Gasteiger partial charge in [-0.25, -0.2) is 0 Å². The minimum Gasteiger partial charge on any atom is -0.502 e. The largest absolute Gasteiger partial charge is 0.502 e. The molecule has 184 valence electrons. The Morgan fingerprint density at radius 3 is 2.42 bits per heavy atom. The fourth-order valence-electron chi connectivity index (χ4n) is 3.26. The third-order valence-corrected chi connectivity index (χ3v) is 6.03. The van der Waals surface area contributed by atoms with Crippen molar-refractivity contribution in [3.63, 3.8) is 0 Å². The van der Waals surface area contributed by atoms with Crippen molar-refractivity contribution in [1.82, 2.24) is 4.90 Å². The topological polar surface area (TPSA) is 140 Å². The number of furan rings is 1. The molecule has 0 atom stereocenters. The molecule has 36 heavy (non-hydrogen) atoms. The number of hydrogen-bond donors (Lipinski definition) is 1. The summed E-state index contributed by atoms with van der Waals surface area (Å²) in [5.74, 6) is 0.538. The number of amides is 1. The molecule has 1 saturated heterocycles. The summed E-state index contributed by atoms with van der Waals surface area (Å²) in [7, 11) is 2.84. The van der Waals surface area contributed by atoms with E-state index in [-0.39, 0.29) is 35.4 Å². The highest BCUT2D eigenvalue weighted by atomic mass is 32.2. The number of thioether (sulfide) groups is 1. The van der Waals surface area contributed by atoms with Gasteiger partial charge in [-0.05, 0) is 59.8 Å². The summed E-state index contributed by atoms with van der Waals surface area (Å²) in [6.45, 7) is 0.144. The van der Waals surface area contributed by atoms with E-state index in [2.05, 4.69) is 10.2 Å². The molecule has 1 amide bonds. The van der Waals surface area contributed by atoms with Gasteiger partial charge in [-0.15, -0.1) is 5.10 Å². The molecule has 1 N–H and O–H groups in total. The normalized spacial score (nSPS) is 15.8. The highest BCUT2D eigenvalue weighted by molar-refractivity contribution is 8.18. The number of non-ortho nitro benzene ring substituents is 1. The van der Waals surface area contributed by atoms with Gasteiger partial charge in [0.05, 0.1) is 43.1 Å². The summed E-state index contributed by atoms with van der Waals surface area (Å²) in [5.41, 5.74) is 1.14. The van der Waals surface area contributed by atoms with Gasteiger partial charge in [-0.2, -0.15) is 5.10 Å². The second-order valence-electron chi connectivity index (χ2n) is 7.33. The predicted octanol–water partition coefficient (Wildman–Crippen LogP) is 4.42. The smallest absolute Gasteiger partial charge is 0.269 e. The van der Waals surface area contributed by atoms with Gasteiger partial charge in [-0.1, -0.05) is 0 Å². The zero-order valence-corrected chi connectivity index (χ0v) is 20.0. The molecule has 11 nitrogen and oxygen atoms in total. The summed E-state index contributed by atoms with van der Waals surface area (Å²) in [6, 6.07) is 12.5. The number of methoxy groups -OCH3 is 2. The molecule has 0 aliphatic carbocycles. The van der Waals surface area contributed by atoms with Crippen molar-refractivity contribution >= 4 is 40.8 Å². The number of ether oxygens (including phenoxy) is 2. The quantitative estimate of drug-likeness (QED) is 0.204. The molecular formula is C24H20N4O7S. The molecule has 0 bridgehead atoms. The van der Waals surface area contributed by atoms with Crippen LogP contribution in [0.2, 0.25) is 0 Å². The number of carbonyl (C=O) groups excluding carboxylic acids is 1. The van der Waals surface area contributed by atoms with E-state index in [0.29, 0.717) is 27.0 Å². The van der Waals surface area contributed by atoms with Crippen LogP contribution in [-0.2, 0) is 11.3 Å². The molecule has 2 heterocycles. The highest BCUT2D eigenvalue weighted by Crippen LogP contribution is 2.37. The minimum absolute atomic E-state index is 0.0407. The van der Waals surface area contributed by atoms with E-state index in [1.807, 2.05) is 0 Å². The van der Waals surface area contributed by atoms with Crippen LogP contribution in [0, 0.1) is 10.1 Å². The van der Waals surface area contributed by atoms with Crippen LogP contribution < -0.4 is 9.47 Å². The van der Waals surface area contributed by atoms with Gasteiger partial charge >= 0.3 is 0 Å². The van der Waals surface area contributed by atoms with Crippen LogP contribution in [0.3, 0.4) is 0 Å². The van der Waals surface area contributed by atoms with Gasteiger partial charge in [0.2, 0.25) is 5.75 Å². The molecule has 0 radical (unpaired) electrons. The average molecular weight is 509 g/mol. The minimum atomic E-state index is -0.487. The zero-order valence-electron chi connectivity index (χ0n) is 19.2. The third-order valence-electron chi connectivity index (χ3n) is 5.04. The van der Waals surface area contributed by atoms with Crippen molar-refractivity contribution in [1.29, 1.82) is 0 Å². The van der Waals surface area contributed by atoms with E-state index >= 15 is 0 Å². The van der Waals surface area contributed by atoms with Crippen molar-refractivity contribution in [2.45, 2.75) is 6.54 Å². The van der Waals surface area contributed by atoms with Crippen LogP contribution in [-0.4, -0.2) is 46.4 Å². The Morgan fingerprint density at radius 2 is 1.83 bits per heavy atom. The summed E-state index contributed by atoms with van der Waals surface area (Å²) in [5, 5.41) is 29.6. The summed E-state index contributed by atoms with van der Waals surface area (Å²) < 4.78 is 15.7. The molecule has 1 aliphatic rings. The van der Waals surface area contributed by atoms with Gasteiger partial charge in [-0.3, -0.25) is 19.8 Å². The zero-order chi connectivity index (χ0) is 25.7. The van der Waals surface area contributed by atoms with E-state index < -0.39 is 4.92 Å². The standard InChI is InChI=1S/C24H20N4O7S/c1-33-19-10-16(11-20(34-2)22(19)29)13-25-26-24-27(14-18-4-3-9-35-18)23(30)21(36-24)12-15-5-7-17(8-6-15)28(31)32/h3-13,29H,14H2,1-2H3/b21-12-,25-13+,26-24-. The van der Waals surface area contributed by atoms with Crippen molar-refractivity contribution in [2.75, 3.05) is 14.2 Å². The lowest BCUT2D eigenvalue weighted by atomic mass is 10.2. The van der Waals surface area contributed by atoms with Crippen molar-refractivity contribution in [2.24, 2.45) is 10.2 Å². The number of nitro benzene ring substituents is 1. The number of amidine groups is 1. The number of nitro groups is 1. The van der Waals surface area contributed by atoms with E-state index in [1.165, 1.54) is 43.7 Å². The maximum atomic E-state index is 13.2. The lowest BCUT2D eigenvalue weighted by Crippen LogP contribution is -2.28. The van der Waals surface area contributed by atoms with Crippen LogP contribution >= 0.6 is 11.8 Å². The van der Waals surface area contributed by atoms with Gasteiger partial charge < -0.3 is 19.0 Å². The van der Waals surface area contributed by atoms with Crippen molar-refractivity contribution in [3.8, 4) is 17.2 Å². The molecule has 12 heteroatoms. The van der Waals surface area contributed by atoms with Crippen molar-refractivity contribution < 1.29 is 28.7 Å². The molecular weight excluding hydrogens is 488 g/mol.